The summed E-state index contributed by atoms with van der Waals surface area (Å²) in [7, 11) is 0. The van der Waals surface area contributed by atoms with Crippen molar-refractivity contribution in [2.75, 3.05) is 0 Å². The van der Waals surface area contributed by atoms with Crippen molar-refractivity contribution in [3.8, 4) is 11.1 Å². The van der Waals surface area contributed by atoms with Gasteiger partial charge in [-0.15, -0.1) is 0 Å². The smallest absolute Gasteiger partial charge is 0.161 e. The summed E-state index contributed by atoms with van der Waals surface area (Å²) < 4.78 is 1.61. The maximum Gasteiger partial charge on any atom is 0.161 e. The van der Waals surface area contributed by atoms with Gasteiger partial charge in [-0.2, -0.15) is 5.10 Å². The number of halogens is 2. The fourth-order valence-electron chi connectivity index (χ4n) is 2.08. The third-order valence-electron chi connectivity index (χ3n) is 3.03. The summed E-state index contributed by atoms with van der Waals surface area (Å²) in [5.41, 5.74) is 4.42. The molecule has 0 aliphatic carbocycles. The highest BCUT2D eigenvalue weighted by molar-refractivity contribution is 6.38. The first-order valence-corrected chi connectivity index (χ1v) is 6.60. The van der Waals surface area contributed by atoms with Gasteiger partial charge in [0.1, 0.15) is 10.3 Å². The Hall–Kier alpha value is -1.58. The Morgan fingerprint density at radius 2 is 1.95 bits per heavy atom. The maximum atomic E-state index is 6.42. The fraction of sp³-hybridized carbons (Fsp3) is 0.143. The van der Waals surface area contributed by atoms with E-state index in [1.165, 1.54) is 0 Å². The summed E-state index contributed by atoms with van der Waals surface area (Å²) in [6.45, 7) is 3.95. The van der Waals surface area contributed by atoms with Gasteiger partial charge in [0.15, 0.2) is 5.65 Å². The van der Waals surface area contributed by atoms with Gasteiger partial charge >= 0.3 is 0 Å². The minimum atomic E-state index is 0.395. The van der Waals surface area contributed by atoms with Crippen LogP contribution in [0.3, 0.4) is 0 Å². The van der Waals surface area contributed by atoms with E-state index in [1.807, 2.05) is 38.1 Å². The quantitative estimate of drug-likeness (QED) is 0.625. The molecule has 3 aromatic rings. The average molecular weight is 292 g/mol. The molecule has 0 radical (unpaired) electrons. The third kappa shape index (κ3) is 1.99. The molecule has 3 nitrogen and oxygen atoms in total. The lowest BCUT2D eigenvalue weighted by Crippen LogP contribution is -1.97. The minimum absolute atomic E-state index is 0.395. The molecule has 1 aromatic carbocycles. The molecule has 0 atom stereocenters. The zero-order valence-corrected chi connectivity index (χ0v) is 12.0. The summed E-state index contributed by atoms with van der Waals surface area (Å²) in [4.78, 5) is 4.38. The number of fused-ring (bicyclic) bond motifs is 1. The lowest BCUT2D eigenvalue weighted by Gasteiger charge is -2.09. The summed E-state index contributed by atoms with van der Waals surface area (Å²) in [6.07, 6.45) is 1.73. The van der Waals surface area contributed by atoms with E-state index in [4.69, 9.17) is 23.2 Å². The number of hydrogen-bond acceptors (Lipinski definition) is 2. The second-order valence-corrected chi connectivity index (χ2v) is 5.22. The monoisotopic (exact) mass is 291 g/mol. The largest absolute Gasteiger partial charge is 0.216 e. The highest BCUT2D eigenvalue weighted by atomic mass is 35.5. The van der Waals surface area contributed by atoms with Crippen molar-refractivity contribution in [2.24, 2.45) is 0 Å². The van der Waals surface area contributed by atoms with Crippen LogP contribution in [0.1, 0.15) is 11.1 Å². The van der Waals surface area contributed by atoms with Gasteiger partial charge in [-0.1, -0.05) is 53.0 Å². The van der Waals surface area contributed by atoms with Crippen molar-refractivity contribution < 1.29 is 0 Å². The third-order valence-corrected chi connectivity index (χ3v) is 3.65. The van der Waals surface area contributed by atoms with Crippen LogP contribution in [-0.2, 0) is 0 Å². The topological polar surface area (TPSA) is 30.2 Å². The number of rotatable bonds is 1. The molecule has 0 bridgehead atoms. The van der Waals surface area contributed by atoms with Crippen molar-refractivity contribution in [3.63, 3.8) is 0 Å². The molecule has 3 rings (SSSR count). The average Bonchev–Trinajstić information content (AvgIpc) is 2.72. The minimum Gasteiger partial charge on any atom is -0.216 e. The molecule has 0 unspecified atom stereocenters. The van der Waals surface area contributed by atoms with Crippen LogP contribution in [0.15, 0.2) is 30.5 Å². The molecule has 0 aliphatic rings. The number of nitrogens with zero attached hydrogens (tertiary/aromatic N) is 3. The fourth-order valence-corrected chi connectivity index (χ4v) is 2.73. The Balaban J connectivity index is 2.35. The Morgan fingerprint density at radius 1 is 1.16 bits per heavy atom. The first-order valence-electron chi connectivity index (χ1n) is 5.84. The van der Waals surface area contributed by atoms with Crippen molar-refractivity contribution in [3.05, 3.63) is 51.9 Å². The number of hydrogen-bond donors (Lipinski definition) is 0. The molecule has 0 spiro atoms. The van der Waals surface area contributed by atoms with Crippen LogP contribution >= 0.6 is 23.2 Å². The molecule has 19 heavy (non-hydrogen) atoms. The van der Waals surface area contributed by atoms with E-state index in [-0.39, 0.29) is 0 Å². The van der Waals surface area contributed by atoms with Crippen LogP contribution in [0, 0.1) is 13.8 Å². The van der Waals surface area contributed by atoms with E-state index >= 15 is 0 Å². The Kier molecular flexibility index (Phi) is 2.96. The van der Waals surface area contributed by atoms with E-state index in [0.717, 1.165) is 16.7 Å². The van der Waals surface area contributed by atoms with E-state index in [2.05, 4.69) is 10.1 Å². The highest BCUT2D eigenvalue weighted by Gasteiger charge is 2.16. The van der Waals surface area contributed by atoms with Crippen molar-refractivity contribution in [2.45, 2.75) is 13.8 Å². The summed E-state index contributed by atoms with van der Waals surface area (Å²) in [5, 5.41) is 5.11. The molecule has 0 N–H and O–H groups in total. The van der Waals surface area contributed by atoms with E-state index < -0.39 is 0 Å². The first kappa shape index (κ1) is 12.5. The summed E-state index contributed by atoms with van der Waals surface area (Å²) >= 11 is 12.7. The molecule has 0 amide bonds. The van der Waals surface area contributed by atoms with Crippen LogP contribution in [0.5, 0.6) is 0 Å². The Labute approximate surface area is 120 Å². The predicted molar refractivity (Wildman–Crippen MR) is 77.9 cm³/mol. The molecule has 0 aliphatic heterocycles. The SMILES string of the molecule is Cc1cccc(-c2c(Cl)nc3c(C)cnn3c2Cl)c1. The highest BCUT2D eigenvalue weighted by Crippen LogP contribution is 2.34. The van der Waals surface area contributed by atoms with Gasteiger partial charge in [0.05, 0.1) is 11.8 Å². The number of aryl methyl sites for hydroxylation is 2. The molecule has 0 saturated carbocycles. The van der Waals surface area contributed by atoms with Crippen LogP contribution < -0.4 is 0 Å². The number of aromatic nitrogens is 3. The van der Waals surface area contributed by atoms with Crippen molar-refractivity contribution in [1.29, 1.82) is 0 Å². The van der Waals surface area contributed by atoms with Crippen LogP contribution in [-0.4, -0.2) is 14.6 Å². The molecule has 0 saturated heterocycles. The normalized spacial score (nSPS) is 11.2. The zero-order valence-electron chi connectivity index (χ0n) is 10.5. The lowest BCUT2D eigenvalue weighted by atomic mass is 10.1. The van der Waals surface area contributed by atoms with E-state index in [0.29, 0.717) is 21.5 Å². The van der Waals surface area contributed by atoms with E-state index in [1.54, 1.807) is 10.7 Å². The molecule has 5 heteroatoms. The Morgan fingerprint density at radius 3 is 2.68 bits per heavy atom. The van der Waals surface area contributed by atoms with Gasteiger partial charge in [0.2, 0.25) is 0 Å². The van der Waals surface area contributed by atoms with Crippen LogP contribution in [0.4, 0.5) is 0 Å². The molecule has 2 heterocycles. The zero-order chi connectivity index (χ0) is 13.6. The standard InChI is InChI=1S/C14H11Cl2N3/c1-8-4-3-5-10(6-8)11-12(15)18-14-9(2)7-17-19(14)13(11)16/h3-7H,1-2H3. The molecule has 2 aromatic heterocycles. The number of benzene rings is 1. The first-order chi connectivity index (χ1) is 9.08. The molecule has 96 valence electrons. The van der Waals surface area contributed by atoms with Gasteiger partial charge in [-0.25, -0.2) is 9.50 Å². The Bertz CT molecular complexity index is 778. The predicted octanol–water partition coefficient (Wildman–Crippen LogP) is 4.32. The maximum absolute atomic E-state index is 6.42. The second kappa shape index (κ2) is 4.51. The van der Waals surface area contributed by atoms with Crippen LogP contribution in [0.25, 0.3) is 16.8 Å². The lowest BCUT2D eigenvalue weighted by molar-refractivity contribution is 0.942. The van der Waals surface area contributed by atoms with Gasteiger partial charge in [0.25, 0.3) is 0 Å². The van der Waals surface area contributed by atoms with Crippen molar-refractivity contribution in [1.82, 2.24) is 14.6 Å². The van der Waals surface area contributed by atoms with Crippen LogP contribution in [0.2, 0.25) is 10.3 Å². The second-order valence-electron chi connectivity index (χ2n) is 4.50. The summed E-state index contributed by atoms with van der Waals surface area (Å²) in [6, 6.07) is 7.98. The van der Waals surface area contributed by atoms with Gasteiger partial charge in [0, 0.05) is 5.56 Å². The summed E-state index contributed by atoms with van der Waals surface area (Å²) in [5.74, 6) is 0. The van der Waals surface area contributed by atoms with E-state index in [9.17, 15) is 0 Å². The molecule has 0 fully saturated rings. The van der Waals surface area contributed by atoms with Crippen molar-refractivity contribution >= 4 is 28.8 Å². The van der Waals surface area contributed by atoms with Gasteiger partial charge < -0.3 is 0 Å². The molecular weight excluding hydrogens is 281 g/mol. The van der Waals surface area contributed by atoms with Gasteiger partial charge in [-0.05, 0) is 19.4 Å². The van der Waals surface area contributed by atoms with Gasteiger partial charge in [-0.3, -0.25) is 0 Å². The molecular formula is C14H11Cl2N3.